The number of methoxy groups -OCH3 is 1. The summed E-state index contributed by atoms with van der Waals surface area (Å²) in [5, 5.41) is 0.745. The van der Waals surface area contributed by atoms with E-state index in [2.05, 4.69) is 32.5 Å². The summed E-state index contributed by atoms with van der Waals surface area (Å²) < 4.78 is 4.52. The van der Waals surface area contributed by atoms with Crippen molar-refractivity contribution in [3.63, 3.8) is 0 Å². The summed E-state index contributed by atoms with van der Waals surface area (Å²) in [6.07, 6.45) is 4.47. The van der Waals surface area contributed by atoms with Crippen LogP contribution in [0.5, 0.6) is 0 Å². The van der Waals surface area contributed by atoms with E-state index in [1.54, 1.807) is 0 Å². The smallest absolute Gasteiger partial charge is 0.305 e. The molecule has 0 bridgehead atoms. The molecule has 0 saturated heterocycles. The number of carbonyl (C=O) groups is 1. The van der Waals surface area contributed by atoms with Gasteiger partial charge in [-0.05, 0) is 12.8 Å². The van der Waals surface area contributed by atoms with Crippen LogP contribution < -0.4 is 0 Å². The standard InChI is InChI=1S/C10H15BrO2/c1-13-10(12)8-6-4-2-3-5-7-9-11/h2-4,6,8-9H2,1H3. The zero-order valence-electron chi connectivity index (χ0n) is 7.94. The second-order valence-electron chi connectivity index (χ2n) is 2.62. The fourth-order valence-electron chi connectivity index (χ4n) is 0.897. The molecule has 0 unspecified atom stereocenters. The van der Waals surface area contributed by atoms with Gasteiger partial charge in [-0.2, -0.15) is 0 Å². The number of halogens is 1. The number of unbranched alkanes of at least 4 members (excludes halogenated alkanes) is 3. The minimum Gasteiger partial charge on any atom is -0.469 e. The minimum absolute atomic E-state index is 0.119. The third-order valence-electron chi connectivity index (χ3n) is 1.60. The van der Waals surface area contributed by atoms with E-state index in [0.29, 0.717) is 6.42 Å². The summed E-state index contributed by atoms with van der Waals surface area (Å²) in [7, 11) is 1.42. The highest BCUT2D eigenvalue weighted by Crippen LogP contribution is 2.02. The van der Waals surface area contributed by atoms with E-state index in [-0.39, 0.29) is 5.97 Å². The molecule has 0 atom stereocenters. The first-order chi connectivity index (χ1) is 6.31. The topological polar surface area (TPSA) is 26.3 Å². The van der Waals surface area contributed by atoms with E-state index >= 15 is 0 Å². The molecule has 0 aromatic carbocycles. The molecule has 0 aliphatic rings. The zero-order chi connectivity index (χ0) is 9.94. The van der Waals surface area contributed by atoms with Gasteiger partial charge in [0.15, 0.2) is 0 Å². The molecule has 0 amide bonds. The van der Waals surface area contributed by atoms with E-state index in [4.69, 9.17) is 0 Å². The van der Waals surface area contributed by atoms with Crippen LogP contribution in [-0.4, -0.2) is 18.4 Å². The van der Waals surface area contributed by atoms with Crippen molar-refractivity contribution in [3.05, 3.63) is 0 Å². The Labute approximate surface area is 88.2 Å². The van der Waals surface area contributed by atoms with Crippen molar-refractivity contribution in [1.82, 2.24) is 0 Å². The van der Waals surface area contributed by atoms with Crippen LogP contribution in [0.2, 0.25) is 0 Å². The molecular weight excluding hydrogens is 232 g/mol. The van der Waals surface area contributed by atoms with Crippen molar-refractivity contribution in [2.75, 3.05) is 12.4 Å². The molecule has 0 aliphatic carbocycles. The van der Waals surface area contributed by atoms with Gasteiger partial charge in [0, 0.05) is 12.8 Å². The first-order valence-corrected chi connectivity index (χ1v) is 5.52. The van der Waals surface area contributed by atoms with Gasteiger partial charge in [-0.25, -0.2) is 0 Å². The Morgan fingerprint density at radius 3 is 2.69 bits per heavy atom. The molecule has 0 spiro atoms. The molecule has 0 heterocycles. The lowest BCUT2D eigenvalue weighted by molar-refractivity contribution is -0.140. The van der Waals surface area contributed by atoms with Gasteiger partial charge in [-0.1, -0.05) is 28.3 Å². The summed E-state index contributed by atoms with van der Waals surface area (Å²) in [6.45, 7) is 0. The Bertz CT molecular complexity index is 191. The molecule has 0 rings (SSSR count). The predicted molar refractivity (Wildman–Crippen MR) is 56.7 cm³/mol. The second-order valence-corrected chi connectivity index (χ2v) is 3.18. The number of rotatable bonds is 5. The highest BCUT2D eigenvalue weighted by atomic mass is 79.9. The number of carbonyl (C=O) groups excluding carboxylic acids is 1. The SMILES string of the molecule is COC(=O)CCCCCC#CCBr. The molecule has 0 radical (unpaired) electrons. The largest absolute Gasteiger partial charge is 0.469 e. The molecule has 74 valence electrons. The van der Waals surface area contributed by atoms with Crippen LogP contribution in [0.15, 0.2) is 0 Å². The van der Waals surface area contributed by atoms with Gasteiger partial charge in [0.05, 0.1) is 12.4 Å². The Morgan fingerprint density at radius 1 is 1.31 bits per heavy atom. The van der Waals surface area contributed by atoms with Crippen LogP contribution in [0.25, 0.3) is 0 Å². The van der Waals surface area contributed by atoms with Gasteiger partial charge < -0.3 is 4.74 Å². The minimum atomic E-state index is -0.119. The monoisotopic (exact) mass is 246 g/mol. The van der Waals surface area contributed by atoms with Crippen molar-refractivity contribution < 1.29 is 9.53 Å². The maximum atomic E-state index is 10.7. The van der Waals surface area contributed by atoms with Crippen molar-refractivity contribution in [3.8, 4) is 11.8 Å². The molecule has 0 saturated carbocycles. The summed E-state index contributed by atoms with van der Waals surface area (Å²) in [5.41, 5.74) is 0. The molecule has 3 heteroatoms. The fraction of sp³-hybridized carbons (Fsp3) is 0.700. The van der Waals surface area contributed by atoms with Crippen molar-refractivity contribution in [2.24, 2.45) is 0 Å². The molecule has 0 aliphatic heterocycles. The fourth-order valence-corrected chi connectivity index (χ4v) is 1.10. The van der Waals surface area contributed by atoms with E-state index in [9.17, 15) is 4.79 Å². The van der Waals surface area contributed by atoms with Gasteiger partial charge in [0.25, 0.3) is 0 Å². The van der Waals surface area contributed by atoms with Gasteiger partial charge >= 0.3 is 5.97 Å². The highest BCUT2D eigenvalue weighted by molar-refractivity contribution is 9.09. The average Bonchev–Trinajstić information content (AvgIpc) is 2.16. The highest BCUT2D eigenvalue weighted by Gasteiger charge is 1.97. The first-order valence-electron chi connectivity index (χ1n) is 4.39. The van der Waals surface area contributed by atoms with E-state index in [0.717, 1.165) is 31.0 Å². The maximum absolute atomic E-state index is 10.7. The van der Waals surface area contributed by atoms with Crippen LogP contribution in [0.4, 0.5) is 0 Å². The normalized spacial score (nSPS) is 8.77. The van der Waals surface area contributed by atoms with Crippen LogP contribution in [0.3, 0.4) is 0 Å². The average molecular weight is 247 g/mol. The maximum Gasteiger partial charge on any atom is 0.305 e. The molecular formula is C10H15BrO2. The molecule has 0 fully saturated rings. The molecule has 0 aromatic rings. The van der Waals surface area contributed by atoms with Crippen molar-refractivity contribution >= 4 is 21.9 Å². The number of esters is 1. The van der Waals surface area contributed by atoms with Crippen LogP contribution in [0, 0.1) is 11.8 Å². The third kappa shape index (κ3) is 9.42. The summed E-state index contributed by atoms with van der Waals surface area (Å²) in [6, 6.07) is 0. The Balaban J connectivity index is 3.12. The lowest BCUT2D eigenvalue weighted by Gasteiger charge is -1.97. The number of hydrogen-bond donors (Lipinski definition) is 0. The van der Waals surface area contributed by atoms with Crippen LogP contribution >= 0.6 is 15.9 Å². The molecule has 2 nitrogen and oxygen atoms in total. The second kappa shape index (κ2) is 9.60. The van der Waals surface area contributed by atoms with E-state index in [1.807, 2.05) is 0 Å². The van der Waals surface area contributed by atoms with Crippen LogP contribution in [0.1, 0.15) is 32.1 Å². The summed E-state index contributed by atoms with van der Waals surface area (Å²) in [4.78, 5) is 10.7. The molecule has 0 aromatic heterocycles. The van der Waals surface area contributed by atoms with Crippen molar-refractivity contribution in [2.45, 2.75) is 32.1 Å². The van der Waals surface area contributed by atoms with Gasteiger partial charge in [0.2, 0.25) is 0 Å². The van der Waals surface area contributed by atoms with Gasteiger partial charge in [-0.3, -0.25) is 4.79 Å². The van der Waals surface area contributed by atoms with Gasteiger partial charge in [0.1, 0.15) is 0 Å². The zero-order valence-corrected chi connectivity index (χ0v) is 9.52. The number of hydrogen-bond acceptors (Lipinski definition) is 2. The third-order valence-corrected chi connectivity index (χ3v) is 1.88. The van der Waals surface area contributed by atoms with E-state index in [1.165, 1.54) is 7.11 Å². The lowest BCUT2D eigenvalue weighted by Crippen LogP contribution is -1.98. The van der Waals surface area contributed by atoms with Crippen molar-refractivity contribution in [1.29, 1.82) is 0 Å². The first kappa shape index (κ1) is 12.5. The number of ether oxygens (including phenoxy) is 1. The molecule has 13 heavy (non-hydrogen) atoms. The van der Waals surface area contributed by atoms with Gasteiger partial charge in [-0.15, -0.1) is 5.92 Å². The lowest BCUT2D eigenvalue weighted by atomic mass is 10.1. The Kier molecular flexibility index (Phi) is 9.24. The van der Waals surface area contributed by atoms with E-state index < -0.39 is 0 Å². The number of alkyl halides is 1. The molecule has 0 N–H and O–H groups in total. The Hall–Kier alpha value is -0.490. The quantitative estimate of drug-likeness (QED) is 0.323. The summed E-state index contributed by atoms with van der Waals surface area (Å²) >= 11 is 3.23. The predicted octanol–water partition coefficient (Wildman–Crippen LogP) is 2.51. The van der Waals surface area contributed by atoms with Crippen LogP contribution in [-0.2, 0) is 9.53 Å². The summed E-state index contributed by atoms with van der Waals surface area (Å²) in [5.74, 6) is 5.84. The Morgan fingerprint density at radius 2 is 2.08 bits per heavy atom.